The standard InChI is InChI=1S/C42H53N9O8S2/c1-38(2,3)22-10-12-25(13-11-22)51-28(26-8-6-16-49(26)41(30(43)52,34(54)58-36(45)56)39(4)18-23-20-60-32(39)47-23)14-15-29(51)27-9-7-17-50(27)42(31(44)53,35(55)59-37(46)57)40(5)19-24-21-61-33(40)48-24/h10-13,20-21,26-29H,6-9,14-19H2,1-5H3,(H2,43,52)(H2,44,53)(H2,45,56)(H2,46,57)/t26?,27?,28-,29?,39?,40?,41-,42-/m0/s1. The molecule has 3 aromatic rings. The number of anilines is 1. The van der Waals surface area contributed by atoms with E-state index in [4.69, 9.17) is 42.4 Å². The number of nitrogens with zero attached hydrogens (tertiary/aromatic N) is 5. The Balaban J connectivity index is 1.27. The summed E-state index contributed by atoms with van der Waals surface area (Å²) < 4.78 is 10.3. The second-order valence-corrected chi connectivity index (χ2v) is 20.3. The molecule has 3 saturated heterocycles. The van der Waals surface area contributed by atoms with Crippen LogP contribution >= 0.6 is 22.7 Å². The van der Waals surface area contributed by atoms with Gasteiger partial charge in [0.25, 0.3) is 11.8 Å². The Kier molecular flexibility index (Phi) is 10.4. The Morgan fingerprint density at radius 3 is 1.38 bits per heavy atom. The maximum absolute atomic E-state index is 14.6. The molecule has 1 aromatic carbocycles. The van der Waals surface area contributed by atoms with Gasteiger partial charge >= 0.3 is 24.1 Å². The second kappa shape index (κ2) is 14.8. The Hall–Kier alpha value is -4.98. The van der Waals surface area contributed by atoms with Gasteiger partial charge in [-0.25, -0.2) is 29.1 Å². The van der Waals surface area contributed by atoms with Crippen molar-refractivity contribution in [2.24, 2.45) is 22.9 Å². The fourth-order valence-electron chi connectivity index (χ4n) is 11.8. The minimum absolute atomic E-state index is 0.158. The van der Waals surface area contributed by atoms with Gasteiger partial charge in [-0.3, -0.25) is 19.4 Å². The number of primary amides is 4. The summed E-state index contributed by atoms with van der Waals surface area (Å²) >= 11 is 2.62. The summed E-state index contributed by atoms with van der Waals surface area (Å²) in [4.78, 5) is 97.6. The highest BCUT2D eigenvalue weighted by Crippen LogP contribution is 2.54. The summed E-state index contributed by atoms with van der Waals surface area (Å²) in [5.74, 6) is -4.25. The molecule has 61 heavy (non-hydrogen) atoms. The highest BCUT2D eigenvalue weighted by atomic mass is 32.1. The lowest BCUT2D eigenvalue weighted by Crippen LogP contribution is -2.76. The zero-order valence-corrected chi connectivity index (χ0v) is 36.6. The molecule has 5 aliphatic heterocycles. The third kappa shape index (κ3) is 6.19. The molecule has 5 aliphatic rings. The average Bonchev–Trinajstić information content (AvgIpc) is 4.02. The quantitative estimate of drug-likeness (QED) is 0.160. The van der Waals surface area contributed by atoms with Crippen LogP contribution < -0.4 is 27.8 Å². The molecular formula is C42H53N9O8S2. The fraction of sp³-hybridized carbons (Fsp3) is 0.571. The van der Waals surface area contributed by atoms with Crippen molar-refractivity contribution in [3.05, 3.63) is 62.0 Å². The Labute approximate surface area is 361 Å². The van der Waals surface area contributed by atoms with Gasteiger partial charge < -0.3 is 37.3 Å². The van der Waals surface area contributed by atoms with Crippen LogP contribution in [0.3, 0.4) is 0 Å². The van der Waals surface area contributed by atoms with Crippen LogP contribution in [0.4, 0.5) is 15.3 Å². The Morgan fingerprint density at radius 2 is 1.07 bits per heavy atom. The summed E-state index contributed by atoms with van der Waals surface area (Å²) in [7, 11) is 0. The first-order chi connectivity index (χ1) is 28.7. The predicted octanol–water partition coefficient (Wildman–Crippen LogP) is 2.88. The maximum atomic E-state index is 14.6. The summed E-state index contributed by atoms with van der Waals surface area (Å²) in [6, 6.07) is 6.55. The van der Waals surface area contributed by atoms with E-state index in [9.17, 15) is 28.8 Å². The van der Waals surface area contributed by atoms with Crippen molar-refractivity contribution in [3.8, 4) is 0 Å². The third-order valence-electron chi connectivity index (χ3n) is 14.3. The number of amides is 4. The van der Waals surface area contributed by atoms with Crippen LogP contribution in [0.2, 0.25) is 0 Å². The van der Waals surface area contributed by atoms with Crippen LogP contribution in [0.5, 0.6) is 0 Å². The smallest absolute Gasteiger partial charge is 0.375 e. The molecule has 0 aliphatic carbocycles. The number of rotatable bonds is 11. The summed E-state index contributed by atoms with van der Waals surface area (Å²) in [5.41, 5.74) is 20.0. The summed E-state index contributed by atoms with van der Waals surface area (Å²) in [5, 5.41) is 4.78. The van der Waals surface area contributed by atoms with E-state index in [1.165, 1.54) is 22.7 Å². The predicted molar refractivity (Wildman–Crippen MR) is 225 cm³/mol. The number of fused-ring (bicyclic) bond motifs is 4. The molecule has 0 saturated carbocycles. The number of carbonyl (C=O) groups excluding carboxylic acids is 6. The van der Waals surface area contributed by atoms with E-state index in [0.29, 0.717) is 59.9 Å². The number of hydrogen-bond donors (Lipinski definition) is 4. The SMILES string of the molecule is CC(C)(C)c1ccc(N2C(C3CCCN3[C@@](C(N)=O)(C(=O)OC(N)=O)C3(C)Cc4csc3n4)CC[C@H]2C2CCCN2[C@@](C(N)=O)(C(=O)OC(N)=O)C2(C)Cc3csc2n3)cc1. The van der Waals surface area contributed by atoms with E-state index in [-0.39, 0.29) is 43.4 Å². The summed E-state index contributed by atoms with van der Waals surface area (Å²) in [6.07, 6.45) is 1.15. The van der Waals surface area contributed by atoms with Gasteiger partial charge in [0.15, 0.2) is 0 Å². The summed E-state index contributed by atoms with van der Waals surface area (Å²) in [6.45, 7) is 10.5. The van der Waals surface area contributed by atoms with Gasteiger partial charge in [0.05, 0.1) is 22.2 Å². The first-order valence-corrected chi connectivity index (χ1v) is 22.4. The molecule has 4 bridgehead atoms. The number of thiazole rings is 2. The minimum atomic E-state index is -2.17. The minimum Gasteiger partial charge on any atom is -0.375 e. The Morgan fingerprint density at radius 1 is 0.656 bits per heavy atom. The normalized spacial score (nSPS) is 29.3. The molecule has 326 valence electrons. The van der Waals surface area contributed by atoms with Crippen molar-refractivity contribution in [1.29, 1.82) is 0 Å². The number of esters is 2. The number of likely N-dealkylation sites (tertiary alicyclic amines) is 2. The number of nitrogens with two attached hydrogens (primary N) is 4. The van der Waals surface area contributed by atoms with Crippen molar-refractivity contribution in [1.82, 2.24) is 19.8 Å². The number of ether oxygens (including phenoxy) is 2. The molecule has 4 amide bonds. The molecule has 2 aromatic heterocycles. The topological polar surface area (TPSA) is 260 Å². The third-order valence-corrected chi connectivity index (χ3v) is 16.6. The van der Waals surface area contributed by atoms with E-state index in [2.05, 4.69) is 49.9 Å². The lowest BCUT2D eigenvalue weighted by atomic mass is 9.67. The Bertz CT molecular complexity index is 2180. The largest absolute Gasteiger partial charge is 0.412 e. The van der Waals surface area contributed by atoms with Crippen LogP contribution in [0, 0.1) is 0 Å². The number of benzene rings is 1. The van der Waals surface area contributed by atoms with Crippen molar-refractivity contribution in [3.63, 3.8) is 0 Å². The van der Waals surface area contributed by atoms with Crippen LogP contribution in [-0.4, -0.2) is 104 Å². The molecule has 7 heterocycles. The monoisotopic (exact) mass is 875 g/mol. The molecule has 0 spiro atoms. The zero-order chi connectivity index (χ0) is 44.0. The van der Waals surface area contributed by atoms with E-state index in [0.717, 1.165) is 11.3 Å². The average molecular weight is 876 g/mol. The van der Waals surface area contributed by atoms with Crippen molar-refractivity contribution in [2.45, 2.75) is 137 Å². The highest BCUT2D eigenvalue weighted by Gasteiger charge is 2.71. The van der Waals surface area contributed by atoms with Gasteiger partial charge in [-0.15, -0.1) is 22.7 Å². The second-order valence-electron chi connectivity index (χ2n) is 18.6. The van der Waals surface area contributed by atoms with Crippen molar-refractivity contribution < 1.29 is 38.2 Å². The van der Waals surface area contributed by atoms with Crippen LogP contribution in [-0.2, 0) is 57.7 Å². The van der Waals surface area contributed by atoms with Crippen LogP contribution in [0.25, 0.3) is 0 Å². The molecule has 8 rings (SSSR count). The first-order valence-electron chi connectivity index (χ1n) is 20.7. The number of aromatic nitrogens is 2. The molecule has 17 nitrogen and oxygen atoms in total. The highest BCUT2D eigenvalue weighted by molar-refractivity contribution is 7.10. The van der Waals surface area contributed by atoms with Gasteiger partial charge in [0, 0.05) is 66.5 Å². The van der Waals surface area contributed by atoms with E-state index >= 15 is 0 Å². The van der Waals surface area contributed by atoms with Crippen LogP contribution in [0.1, 0.15) is 100 Å². The molecule has 19 heteroatoms. The molecule has 3 fully saturated rings. The lowest BCUT2D eigenvalue weighted by molar-refractivity contribution is -0.166. The van der Waals surface area contributed by atoms with Crippen molar-refractivity contribution in [2.75, 3.05) is 18.0 Å². The lowest BCUT2D eigenvalue weighted by Gasteiger charge is -2.52. The molecule has 5 unspecified atom stereocenters. The zero-order valence-electron chi connectivity index (χ0n) is 35.0. The molecular weight excluding hydrogens is 823 g/mol. The van der Waals surface area contributed by atoms with Crippen LogP contribution in [0.15, 0.2) is 35.0 Å². The van der Waals surface area contributed by atoms with Gasteiger partial charge in [0.1, 0.15) is 10.0 Å². The van der Waals surface area contributed by atoms with E-state index < -0.39 is 69.9 Å². The molecule has 0 radical (unpaired) electrons. The van der Waals surface area contributed by atoms with Gasteiger partial charge in [-0.1, -0.05) is 32.9 Å². The molecule has 8 N–H and O–H groups in total. The number of carbonyl (C=O) groups is 6. The van der Waals surface area contributed by atoms with Gasteiger partial charge in [0.2, 0.25) is 11.1 Å². The van der Waals surface area contributed by atoms with E-state index in [1.54, 1.807) is 13.8 Å². The molecule has 8 atom stereocenters. The van der Waals surface area contributed by atoms with Crippen molar-refractivity contribution >= 4 is 64.3 Å². The fourth-order valence-corrected chi connectivity index (χ4v) is 13.8. The first kappa shape index (κ1) is 42.7. The number of hydrogen-bond acceptors (Lipinski definition) is 15. The van der Waals surface area contributed by atoms with E-state index in [1.807, 2.05) is 20.6 Å². The van der Waals surface area contributed by atoms with Gasteiger partial charge in [-0.05, 0) is 75.5 Å². The van der Waals surface area contributed by atoms with Gasteiger partial charge in [-0.2, -0.15) is 0 Å². The maximum Gasteiger partial charge on any atom is 0.412 e.